The molecule has 0 spiro atoms. The van der Waals surface area contributed by atoms with E-state index in [1.54, 1.807) is 12.1 Å². The Balaban J connectivity index is 2.21. The zero-order valence-electron chi connectivity index (χ0n) is 11.9. The maximum absolute atomic E-state index is 13.1. The Kier molecular flexibility index (Phi) is 4.58. The minimum Gasteiger partial charge on any atom is -0.368 e. The van der Waals surface area contributed by atoms with Gasteiger partial charge >= 0.3 is 6.18 Å². The van der Waals surface area contributed by atoms with E-state index in [2.05, 4.69) is 12.2 Å². The van der Waals surface area contributed by atoms with Gasteiger partial charge in [-0.3, -0.25) is 0 Å². The molecule has 1 saturated heterocycles. The van der Waals surface area contributed by atoms with Gasteiger partial charge in [-0.15, -0.1) is 0 Å². The number of alkyl halides is 3. The summed E-state index contributed by atoms with van der Waals surface area (Å²) < 4.78 is 39.3. The van der Waals surface area contributed by atoms with Crippen molar-refractivity contribution in [2.45, 2.75) is 44.9 Å². The molecule has 0 amide bonds. The molecular weight excluding hydrogens is 265 g/mol. The number of hydrogen-bond donors (Lipinski definition) is 1. The number of nitrogens with one attached hydrogen (secondary N) is 1. The van der Waals surface area contributed by atoms with Crippen LogP contribution >= 0.6 is 0 Å². The first kappa shape index (κ1) is 15.2. The molecule has 0 bridgehead atoms. The van der Waals surface area contributed by atoms with Crippen molar-refractivity contribution in [3.05, 3.63) is 29.8 Å². The van der Waals surface area contributed by atoms with Gasteiger partial charge in [-0.05, 0) is 38.4 Å². The van der Waals surface area contributed by atoms with E-state index >= 15 is 0 Å². The van der Waals surface area contributed by atoms with Crippen molar-refractivity contribution >= 4 is 5.69 Å². The Morgan fingerprint density at radius 2 is 2.00 bits per heavy atom. The molecule has 20 heavy (non-hydrogen) atoms. The molecule has 2 nitrogen and oxygen atoms in total. The molecule has 1 aromatic carbocycles. The van der Waals surface area contributed by atoms with Gasteiger partial charge in [0.15, 0.2) is 0 Å². The predicted molar refractivity (Wildman–Crippen MR) is 75.0 cm³/mol. The standard InChI is InChI=1S/C15H21F3N2/c1-3-19-12-8-9-20(11(2)10-12)14-7-5-4-6-13(14)15(16,17)18/h4-7,11-12,19H,3,8-10H2,1-2H3. The quantitative estimate of drug-likeness (QED) is 0.912. The molecule has 1 heterocycles. The van der Waals surface area contributed by atoms with Crippen molar-refractivity contribution in [3.63, 3.8) is 0 Å². The molecule has 1 aromatic rings. The number of benzene rings is 1. The molecule has 5 heteroatoms. The van der Waals surface area contributed by atoms with Crippen molar-refractivity contribution < 1.29 is 13.2 Å². The molecule has 2 atom stereocenters. The molecule has 1 aliphatic rings. The van der Waals surface area contributed by atoms with Crippen LogP contribution in [0.2, 0.25) is 0 Å². The highest BCUT2D eigenvalue weighted by molar-refractivity contribution is 5.56. The summed E-state index contributed by atoms with van der Waals surface area (Å²) in [6.07, 6.45) is -2.54. The summed E-state index contributed by atoms with van der Waals surface area (Å²) in [6.45, 7) is 5.61. The Morgan fingerprint density at radius 1 is 1.30 bits per heavy atom. The molecule has 0 radical (unpaired) electrons. The van der Waals surface area contributed by atoms with Crippen LogP contribution in [0.4, 0.5) is 18.9 Å². The van der Waals surface area contributed by atoms with E-state index in [9.17, 15) is 13.2 Å². The van der Waals surface area contributed by atoms with Crippen LogP contribution in [0.25, 0.3) is 0 Å². The molecule has 1 fully saturated rings. The SMILES string of the molecule is CCNC1CCN(c2ccccc2C(F)(F)F)C(C)C1. The summed E-state index contributed by atoms with van der Waals surface area (Å²) >= 11 is 0. The van der Waals surface area contributed by atoms with Gasteiger partial charge in [-0.2, -0.15) is 13.2 Å². The smallest absolute Gasteiger partial charge is 0.368 e. The van der Waals surface area contributed by atoms with Crippen LogP contribution in [0, 0.1) is 0 Å². The van der Waals surface area contributed by atoms with E-state index < -0.39 is 11.7 Å². The van der Waals surface area contributed by atoms with Crippen LogP contribution in [-0.2, 0) is 6.18 Å². The normalized spacial score (nSPS) is 23.9. The monoisotopic (exact) mass is 286 g/mol. The third kappa shape index (κ3) is 3.26. The van der Waals surface area contributed by atoms with E-state index in [4.69, 9.17) is 0 Å². The highest BCUT2D eigenvalue weighted by Gasteiger charge is 2.36. The molecule has 2 unspecified atom stereocenters. The summed E-state index contributed by atoms with van der Waals surface area (Å²) in [4.78, 5) is 1.89. The van der Waals surface area contributed by atoms with Gasteiger partial charge in [-0.1, -0.05) is 19.1 Å². The first-order valence-corrected chi connectivity index (χ1v) is 7.09. The number of piperidine rings is 1. The molecule has 112 valence electrons. The van der Waals surface area contributed by atoms with Gasteiger partial charge in [0.25, 0.3) is 0 Å². The van der Waals surface area contributed by atoms with Gasteiger partial charge in [0.05, 0.1) is 5.56 Å². The molecule has 1 aliphatic heterocycles. The lowest BCUT2D eigenvalue weighted by molar-refractivity contribution is -0.137. The first-order valence-electron chi connectivity index (χ1n) is 7.09. The third-order valence-corrected chi connectivity index (χ3v) is 3.89. The summed E-state index contributed by atoms with van der Waals surface area (Å²) in [5.74, 6) is 0. The van der Waals surface area contributed by atoms with Crippen molar-refractivity contribution in [2.75, 3.05) is 18.0 Å². The Labute approximate surface area is 118 Å². The van der Waals surface area contributed by atoms with E-state index in [-0.39, 0.29) is 6.04 Å². The zero-order chi connectivity index (χ0) is 14.8. The largest absolute Gasteiger partial charge is 0.418 e. The molecule has 2 rings (SSSR count). The number of nitrogens with zero attached hydrogens (tertiary/aromatic N) is 1. The van der Waals surface area contributed by atoms with Gasteiger partial charge in [0, 0.05) is 24.3 Å². The summed E-state index contributed by atoms with van der Waals surface area (Å²) in [7, 11) is 0. The average molecular weight is 286 g/mol. The second-order valence-corrected chi connectivity index (χ2v) is 5.34. The summed E-state index contributed by atoms with van der Waals surface area (Å²) in [5.41, 5.74) is -0.226. The van der Waals surface area contributed by atoms with Crippen LogP contribution in [0.5, 0.6) is 0 Å². The average Bonchev–Trinajstić information content (AvgIpc) is 2.38. The number of para-hydroxylation sites is 1. The minimum absolute atomic E-state index is 0.108. The van der Waals surface area contributed by atoms with Crippen LogP contribution in [-0.4, -0.2) is 25.2 Å². The third-order valence-electron chi connectivity index (χ3n) is 3.89. The maximum Gasteiger partial charge on any atom is 0.418 e. The fraction of sp³-hybridized carbons (Fsp3) is 0.600. The number of anilines is 1. The van der Waals surface area contributed by atoms with E-state index in [1.165, 1.54) is 12.1 Å². The second kappa shape index (κ2) is 6.04. The molecule has 0 aliphatic carbocycles. The van der Waals surface area contributed by atoms with Gasteiger partial charge in [-0.25, -0.2) is 0 Å². The predicted octanol–water partition coefficient (Wildman–Crippen LogP) is 3.67. The lowest BCUT2D eigenvalue weighted by Crippen LogP contribution is -2.48. The van der Waals surface area contributed by atoms with Crippen molar-refractivity contribution in [1.29, 1.82) is 0 Å². The van der Waals surface area contributed by atoms with Gasteiger partial charge in [0.1, 0.15) is 0 Å². The number of rotatable bonds is 3. The first-order chi connectivity index (χ1) is 9.43. The van der Waals surface area contributed by atoms with Crippen molar-refractivity contribution in [3.8, 4) is 0 Å². The molecule has 0 saturated carbocycles. The fourth-order valence-electron chi connectivity index (χ4n) is 2.97. The van der Waals surface area contributed by atoms with Gasteiger partial charge in [0.2, 0.25) is 0 Å². The van der Waals surface area contributed by atoms with Crippen LogP contribution in [0.15, 0.2) is 24.3 Å². The number of halogens is 3. The van der Waals surface area contributed by atoms with Gasteiger partial charge < -0.3 is 10.2 Å². The molecular formula is C15H21F3N2. The van der Waals surface area contributed by atoms with Crippen molar-refractivity contribution in [1.82, 2.24) is 5.32 Å². The molecule has 1 N–H and O–H groups in total. The van der Waals surface area contributed by atoms with Crippen molar-refractivity contribution in [2.24, 2.45) is 0 Å². The maximum atomic E-state index is 13.1. The summed E-state index contributed by atoms with van der Waals surface area (Å²) in [6, 6.07) is 6.38. The Hall–Kier alpha value is -1.23. The van der Waals surface area contributed by atoms with Crippen LogP contribution in [0.3, 0.4) is 0 Å². The van der Waals surface area contributed by atoms with Crippen LogP contribution in [0.1, 0.15) is 32.3 Å². The fourth-order valence-corrected chi connectivity index (χ4v) is 2.97. The molecule has 0 aromatic heterocycles. The second-order valence-electron chi connectivity index (χ2n) is 5.34. The van der Waals surface area contributed by atoms with E-state index in [1.807, 2.05) is 11.8 Å². The highest BCUT2D eigenvalue weighted by atomic mass is 19.4. The highest BCUT2D eigenvalue weighted by Crippen LogP contribution is 2.38. The van der Waals surface area contributed by atoms with E-state index in [0.29, 0.717) is 18.3 Å². The number of hydrogen-bond acceptors (Lipinski definition) is 2. The Bertz CT molecular complexity index is 445. The lowest BCUT2D eigenvalue weighted by Gasteiger charge is -2.40. The summed E-state index contributed by atoms with van der Waals surface area (Å²) in [5, 5.41) is 3.38. The zero-order valence-corrected chi connectivity index (χ0v) is 11.9. The topological polar surface area (TPSA) is 15.3 Å². The minimum atomic E-state index is -4.30. The van der Waals surface area contributed by atoms with Crippen LogP contribution < -0.4 is 10.2 Å². The Morgan fingerprint density at radius 3 is 2.60 bits per heavy atom. The lowest BCUT2D eigenvalue weighted by atomic mass is 9.96. The van der Waals surface area contributed by atoms with E-state index in [0.717, 1.165) is 19.4 Å².